The Balaban J connectivity index is 2.10. The molecule has 0 aliphatic heterocycles. The molecule has 0 fully saturated rings. The number of halogens is 1. The Bertz CT molecular complexity index is 690. The standard InChI is InChI=1S/C17H16FNO4/c1-19(17(22)23-11-12-6-3-2-4-7-12)15(16(20)21)13-8-5-9-14(18)10-13/h2-10,15H,11H2,1H3,(H,20,21). The zero-order valence-corrected chi connectivity index (χ0v) is 12.5. The minimum Gasteiger partial charge on any atom is -0.479 e. The molecule has 5 nitrogen and oxygen atoms in total. The molecule has 1 N–H and O–H groups in total. The molecule has 120 valence electrons. The Morgan fingerprint density at radius 3 is 2.48 bits per heavy atom. The quantitative estimate of drug-likeness (QED) is 0.919. The van der Waals surface area contributed by atoms with Gasteiger partial charge in [-0.2, -0.15) is 0 Å². The van der Waals surface area contributed by atoms with E-state index in [2.05, 4.69) is 0 Å². The maximum Gasteiger partial charge on any atom is 0.410 e. The van der Waals surface area contributed by atoms with Crippen molar-refractivity contribution in [3.8, 4) is 0 Å². The van der Waals surface area contributed by atoms with Crippen LogP contribution in [0.4, 0.5) is 9.18 Å². The fourth-order valence-electron chi connectivity index (χ4n) is 2.14. The van der Waals surface area contributed by atoms with Gasteiger partial charge >= 0.3 is 12.1 Å². The smallest absolute Gasteiger partial charge is 0.410 e. The number of carbonyl (C=O) groups is 2. The van der Waals surface area contributed by atoms with Crippen molar-refractivity contribution in [3.63, 3.8) is 0 Å². The maximum absolute atomic E-state index is 13.3. The van der Waals surface area contributed by atoms with E-state index in [1.165, 1.54) is 25.2 Å². The molecule has 0 saturated carbocycles. The average molecular weight is 317 g/mol. The van der Waals surface area contributed by atoms with Crippen LogP contribution < -0.4 is 0 Å². The minimum absolute atomic E-state index is 0.0273. The molecule has 1 unspecified atom stereocenters. The lowest BCUT2D eigenvalue weighted by Gasteiger charge is -2.24. The molecule has 0 aromatic heterocycles. The van der Waals surface area contributed by atoms with E-state index in [0.717, 1.165) is 16.5 Å². The third-order valence-electron chi connectivity index (χ3n) is 3.28. The molecule has 1 atom stereocenters. The number of hydrogen-bond donors (Lipinski definition) is 1. The summed E-state index contributed by atoms with van der Waals surface area (Å²) >= 11 is 0. The number of rotatable bonds is 5. The van der Waals surface area contributed by atoms with Gasteiger partial charge in [-0.3, -0.25) is 4.90 Å². The van der Waals surface area contributed by atoms with E-state index < -0.39 is 23.9 Å². The Morgan fingerprint density at radius 2 is 1.87 bits per heavy atom. The largest absolute Gasteiger partial charge is 0.479 e. The first kappa shape index (κ1) is 16.5. The van der Waals surface area contributed by atoms with E-state index >= 15 is 0 Å². The van der Waals surface area contributed by atoms with Gasteiger partial charge < -0.3 is 9.84 Å². The van der Waals surface area contributed by atoms with Crippen molar-refractivity contribution in [3.05, 3.63) is 71.5 Å². The molecule has 2 aromatic carbocycles. The molecule has 0 saturated heterocycles. The zero-order chi connectivity index (χ0) is 16.8. The molecule has 6 heteroatoms. The van der Waals surface area contributed by atoms with Crippen LogP contribution in [0, 0.1) is 5.82 Å². The molecule has 2 rings (SSSR count). The van der Waals surface area contributed by atoms with Gasteiger partial charge in [0.15, 0.2) is 6.04 Å². The van der Waals surface area contributed by atoms with Gasteiger partial charge in [0.2, 0.25) is 0 Å². The second-order valence-corrected chi connectivity index (χ2v) is 4.95. The van der Waals surface area contributed by atoms with Crippen LogP contribution in [0.3, 0.4) is 0 Å². The highest BCUT2D eigenvalue weighted by Crippen LogP contribution is 2.21. The van der Waals surface area contributed by atoms with E-state index in [1.807, 2.05) is 6.07 Å². The number of carbonyl (C=O) groups excluding carboxylic acids is 1. The number of likely N-dealkylation sites (N-methyl/N-ethyl adjacent to an activating group) is 1. The Hall–Kier alpha value is -2.89. The fraction of sp³-hybridized carbons (Fsp3) is 0.176. The normalized spacial score (nSPS) is 11.6. The van der Waals surface area contributed by atoms with E-state index in [4.69, 9.17) is 4.74 Å². The zero-order valence-electron chi connectivity index (χ0n) is 12.5. The van der Waals surface area contributed by atoms with Crippen LogP contribution >= 0.6 is 0 Å². The first-order chi connectivity index (χ1) is 11.0. The second kappa shape index (κ2) is 7.40. The molecular weight excluding hydrogens is 301 g/mol. The van der Waals surface area contributed by atoms with Crippen LogP contribution in [0.1, 0.15) is 17.2 Å². The number of amides is 1. The van der Waals surface area contributed by atoms with Crippen molar-refractivity contribution in [1.82, 2.24) is 4.90 Å². The third kappa shape index (κ3) is 4.29. The predicted octanol–water partition coefficient (Wildman–Crippen LogP) is 3.22. The summed E-state index contributed by atoms with van der Waals surface area (Å²) in [5.41, 5.74) is 0.948. The Labute approximate surface area is 132 Å². The van der Waals surface area contributed by atoms with Gasteiger partial charge in [-0.05, 0) is 23.3 Å². The van der Waals surface area contributed by atoms with E-state index in [-0.39, 0.29) is 12.2 Å². The molecular formula is C17H16FNO4. The van der Waals surface area contributed by atoms with Crippen LogP contribution in [0.5, 0.6) is 0 Å². The summed E-state index contributed by atoms with van der Waals surface area (Å²) in [5.74, 6) is -1.84. The molecule has 0 heterocycles. The fourth-order valence-corrected chi connectivity index (χ4v) is 2.14. The van der Waals surface area contributed by atoms with Crippen LogP contribution in [-0.2, 0) is 16.1 Å². The monoisotopic (exact) mass is 317 g/mol. The van der Waals surface area contributed by atoms with Gasteiger partial charge in [0.05, 0.1) is 0 Å². The Morgan fingerprint density at radius 1 is 1.17 bits per heavy atom. The molecule has 2 aromatic rings. The van der Waals surface area contributed by atoms with Crippen LogP contribution in [0.25, 0.3) is 0 Å². The molecule has 0 radical (unpaired) electrons. The summed E-state index contributed by atoms with van der Waals surface area (Å²) in [6.07, 6.45) is -0.800. The van der Waals surface area contributed by atoms with Crippen molar-refractivity contribution < 1.29 is 23.8 Å². The van der Waals surface area contributed by atoms with Gasteiger partial charge in [-0.25, -0.2) is 14.0 Å². The summed E-state index contributed by atoms with van der Waals surface area (Å²) in [6.45, 7) is 0.0273. The Kier molecular flexibility index (Phi) is 5.30. The number of carboxylic acids is 1. The van der Waals surface area contributed by atoms with Crippen molar-refractivity contribution in [1.29, 1.82) is 0 Å². The first-order valence-corrected chi connectivity index (χ1v) is 6.91. The van der Waals surface area contributed by atoms with E-state index in [0.29, 0.717) is 0 Å². The predicted molar refractivity (Wildman–Crippen MR) is 81.2 cm³/mol. The molecule has 0 aliphatic rings. The minimum atomic E-state index is -1.33. The molecule has 0 bridgehead atoms. The van der Waals surface area contributed by atoms with Gasteiger partial charge in [0, 0.05) is 7.05 Å². The highest BCUT2D eigenvalue weighted by atomic mass is 19.1. The lowest BCUT2D eigenvalue weighted by Crippen LogP contribution is -2.36. The molecule has 23 heavy (non-hydrogen) atoms. The highest BCUT2D eigenvalue weighted by Gasteiger charge is 2.29. The highest BCUT2D eigenvalue weighted by molar-refractivity contribution is 5.81. The average Bonchev–Trinajstić information content (AvgIpc) is 2.53. The third-order valence-corrected chi connectivity index (χ3v) is 3.28. The number of hydrogen-bond acceptors (Lipinski definition) is 3. The van der Waals surface area contributed by atoms with Crippen molar-refractivity contribution in [2.75, 3.05) is 7.05 Å². The maximum atomic E-state index is 13.3. The van der Waals surface area contributed by atoms with E-state index in [1.54, 1.807) is 24.3 Å². The SMILES string of the molecule is CN(C(=O)OCc1ccccc1)C(C(=O)O)c1cccc(F)c1. The lowest BCUT2D eigenvalue weighted by molar-refractivity contribution is -0.142. The first-order valence-electron chi connectivity index (χ1n) is 6.91. The van der Waals surface area contributed by atoms with Crippen molar-refractivity contribution >= 4 is 12.1 Å². The van der Waals surface area contributed by atoms with Gasteiger partial charge in [0.1, 0.15) is 12.4 Å². The summed E-state index contributed by atoms with van der Waals surface area (Å²) in [4.78, 5) is 24.5. The summed E-state index contributed by atoms with van der Waals surface area (Å²) in [7, 11) is 1.30. The van der Waals surface area contributed by atoms with Gasteiger partial charge in [0.25, 0.3) is 0 Å². The second-order valence-electron chi connectivity index (χ2n) is 4.95. The topological polar surface area (TPSA) is 66.8 Å². The number of benzene rings is 2. The van der Waals surface area contributed by atoms with Crippen molar-refractivity contribution in [2.45, 2.75) is 12.6 Å². The summed E-state index contributed by atoms with van der Waals surface area (Å²) < 4.78 is 18.4. The lowest BCUT2D eigenvalue weighted by atomic mass is 10.1. The number of nitrogens with zero attached hydrogens (tertiary/aromatic N) is 1. The number of ether oxygens (including phenoxy) is 1. The van der Waals surface area contributed by atoms with E-state index in [9.17, 15) is 19.1 Å². The number of aliphatic carboxylic acids is 1. The van der Waals surface area contributed by atoms with Crippen LogP contribution in [0.15, 0.2) is 54.6 Å². The summed E-state index contributed by atoms with van der Waals surface area (Å²) in [5, 5.41) is 9.35. The summed E-state index contributed by atoms with van der Waals surface area (Å²) in [6, 6.07) is 12.8. The molecule has 1 amide bonds. The van der Waals surface area contributed by atoms with Crippen molar-refractivity contribution in [2.24, 2.45) is 0 Å². The van der Waals surface area contributed by atoms with Crippen LogP contribution in [0.2, 0.25) is 0 Å². The number of carboxylic acid groups (broad SMARTS) is 1. The van der Waals surface area contributed by atoms with Gasteiger partial charge in [-0.15, -0.1) is 0 Å². The van der Waals surface area contributed by atoms with Crippen LogP contribution in [-0.4, -0.2) is 29.1 Å². The molecule has 0 aliphatic carbocycles. The molecule has 0 spiro atoms. The van der Waals surface area contributed by atoms with Gasteiger partial charge in [-0.1, -0.05) is 42.5 Å².